The van der Waals surface area contributed by atoms with Gasteiger partial charge in [0, 0.05) is 24.8 Å². The Labute approximate surface area is 85.2 Å². The van der Waals surface area contributed by atoms with E-state index in [1.54, 1.807) is 23.9 Å². The van der Waals surface area contributed by atoms with E-state index in [4.69, 9.17) is 5.11 Å². The molecule has 0 aliphatic carbocycles. The van der Waals surface area contributed by atoms with Crippen molar-refractivity contribution in [1.29, 1.82) is 0 Å². The zero-order valence-corrected chi connectivity index (χ0v) is 8.17. The van der Waals surface area contributed by atoms with E-state index in [-0.39, 0.29) is 12.1 Å². The molecule has 78 valence electrons. The normalized spacial score (nSPS) is 10.7. The first kappa shape index (κ1) is 9.51. The Morgan fingerprint density at radius 1 is 1.40 bits per heavy atom. The van der Waals surface area contributed by atoms with Gasteiger partial charge in [0.15, 0.2) is 0 Å². The second-order valence-electron chi connectivity index (χ2n) is 3.37. The van der Waals surface area contributed by atoms with Crippen LogP contribution in [0.2, 0.25) is 0 Å². The summed E-state index contributed by atoms with van der Waals surface area (Å²) in [7, 11) is 1.76. The van der Waals surface area contributed by atoms with Crippen LogP contribution in [0.1, 0.15) is 0 Å². The van der Waals surface area contributed by atoms with Crippen LogP contribution < -0.4 is 5.56 Å². The molecule has 5 heteroatoms. The van der Waals surface area contributed by atoms with Gasteiger partial charge in [0.1, 0.15) is 12.1 Å². The van der Waals surface area contributed by atoms with Crippen molar-refractivity contribution < 1.29 is 9.90 Å². The largest absolute Gasteiger partial charge is 0.480 e. The fourth-order valence-electron chi connectivity index (χ4n) is 1.60. The number of nitrogens with zero attached hydrogens (tertiary/aromatic N) is 2. The number of pyridine rings is 1. The lowest BCUT2D eigenvalue weighted by Crippen LogP contribution is -2.24. The van der Waals surface area contributed by atoms with Crippen molar-refractivity contribution in [2.75, 3.05) is 0 Å². The van der Waals surface area contributed by atoms with Gasteiger partial charge in [-0.05, 0) is 12.1 Å². The standard InChI is InChI=1S/C10H10N2O3/c1-11-4-2-7-3-5-12(6-8(13)14)10(15)9(7)11/h2-5H,6H2,1H3,(H,13,14). The van der Waals surface area contributed by atoms with Crippen LogP contribution in [0.15, 0.2) is 29.3 Å². The molecule has 2 aromatic rings. The van der Waals surface area contributed by atoms with Crippen LogP contribution in [0.3, 0.4) is 0 Å². The highest BCUT2D eigenvalue weighted by Crippen LogP contribution is 2.09. The summed E-state index contributed by atoms with van der Waals surface area (Å²) in [6.45, 7) is -0.306. The summed E-state index contributed by atoms with van der Waals surface area (Å²) in [4.78, 5) is 22.3. The van der Waals surface area contributed by atoms with Crippen LogP contribution in [-0.2, 0) is 18.4 Å². The fraction of sp³-hybridized carbons (Fsp3) is 0.200. The maximum atomic E-state index is 11.8. The summed E-state index contributed by atoms with van der Waals surface area (Å²) in [5.74, 6) is -1.02. The molecule has 5 nitrogen and oxygen atoms in total. The Bertz CT molecular complexity index is 580. The van der Waals surface area contributed by atoms with Gasteiger partial charge in [-0.3, -0.25) is 9.59 Å². The van der Waals surface area contributed by atoms with Crippen molar-refractivity contribution in [1.82, 2.24) is 9.13 Å². The number of carbonyl (C=O) groups is 1. The van der Waals surface area contributed by atoms with E-state index in [0.29, 0.717) is 5.52 Å². The van der Waals surface area contributed by atoms with Crippen LogP contribution in [0.25, 0.3) is 10.9 Å². The predicted octanol–water partition coefficient (Wildman–Crippen LogP) is 0.425. The van der Waals surface area contributed by atoms with Gasteiger partial charge in [0.25, 0.3) is 5.56 Å². The topological polar surface area (TPSA) is 64.2 Å². The van der Waals surface area contributed by atoms with Crippen molar-refractivity contribution in [3.63, 3.8) is 0 Å². The third-order valence-corrected chi connectivity index (χ3v) is 2.31. The summed E-state index contributed by atoms with van der Waals surface area (Å²) in [5.41, 5.74) is 0.251. The Morgan fingerprint density at radius 3 is 2.73 bits per heavy atom. The first-order valence-corrected chi connectivity index (χ1v) is 4.46. The third kappa shape index (κ3) is 1.52. The maximum Gasteiger partial charge on any atom is 0.323 e. The van der Waals surface area contributed by atoms with E-state index < -0.39 is 5.97 Å². The van der Waals surface area contributed by atoms with Gasteiger partial charge in [0.2, 0.25) is 0 Å². The minimum absolute atomic E-state index is 0.276. The number of hydrogen-bond donors (Lipinski definition) is 1. The molecule has 2 heterocycles. The Morgan fingerprint density at radius 2 is 2.07 bits per heavy atom. The van der Waals surface area contributed by atoms with Crippen LogP contribution in [0.4, 0.5) is 0 Å². The minimum Gasteiger partial charge on any atom is -0.480 e. The average Bonchev–Trinajstić information content (AvgIpc) is 2.53. The molecule has 0 spiro atoms. The number of aryl methyl sites for hydroxylation is 1. The molecule has 0 aliphatic rings. The van der Waals surface area contributed by atoms with Gasteiger partial charge in [0.05, 0.1) is 0 Å². The number of aromatic nitrogens is 2. The van der Waals surface area contributed by atoms with Gasteiger partial charge in [-0.2, -0.15) is 0 Å². The molecule has 0 unspecified atom stereocenters. The van der Waals surface area contributed by atoms with Crippen molar-refractivity contribution in [3.05, 3.63) is 34.9 Å². The van der Waals surface area contributed by atoms with Gasteiger partial charge in [-0.25, -0.2) is 0 Å². The molecule has 0 fully saturated rings. The molecule has 0 saturated carbocycles. The molecule has 0 radical (unpaired) electrons. The van der Waals surface area contributed by atoms with E-state index >= 15 is 0 Å². The SMILES string of the molecule is Cn1ccc2ccn(CC(=O)O)c(=O)c21. The van der Waals surface area contributed by atoms with E-state index in [2.05, 4.69) is 0 Å². The third-order valence-electron chi connectivity index (χ3n) is 2.31. The van der Waals surface area contributed by atoms with Gasteiger partial charge < -0.3 is 14.2 Å². The van der Waals surface area contributed by atoms with Crippen molar-refractivity contribution in [2.24, 2.45) is 7.05 Å². The first-order valence-electron chi connectivity index (χ1n) is 4.46. The predicted molar refractivity (Wildman–Crippen MR) is 54.8 cm³/mol. The quantitative estimate of drug-likeness (QED) is 0.774. The molecular weight excluding hydrogens is 196 g/mol. The lowest BCUT2D eigenvalue weighted by Gasteiger charge is -2.02. The number of carboxylic acid groups (broad SMARTS) is 1. The van der Waals surface area contributed by atoms with Gasteiger partial charge in [-0.1, -0.05) is 0 Å². The molecule has 15 heavy (non-hydrogen) atoms. The first-order chi connectivity index (χ1) is 7.09. The summed E-state index contributed by atoms with van der Waals surface area (Å²) in [5, 5.41) is 9.44. The number of carboxylic acids is 1. The van der Waals surface area contributed by atoms with Crippen LogP contribution in [0, 0.1) is 0 Å². The number of rotatable bonds is 2. The van der Waals surface area contributed by atoms with E-state index in [9.17, 15) is 9.59 Å². The van der Waals surface area contributed by atoms with E-state index in [1.165, 1.54) is 10.8 Å². The lowest BCUT2D eigenvalue weighted by atomic mass is 10.3. The number of aliphatic carboxylic acids is 1. The summed E-state index contributed by atoms with van der Waals surface area (Å²) < 4.78 is 2.88. The van der Waals surface area contributed by atoms with Crippen molar-refractivity contribution >= 4 is 16.9 Å². The van der Waals surface area contributed by atoms with Crippen molar-refractivity contribution in [2.45, 2.75) is 6.54 Å². The molecule has 2 rings (SSSR count). The number of hydrogen-bond acceptors (Lipinski definition) is 2. The molecule has 0 bridgehead atoms. The highest BCUT2D eigenvalue weighted by Gasteiger charge is 2.07. The average molecular weight is 206 g/mol. The monoisotopic (exact) mass is 206 g/mol. The van der Waals surface area contributed by atoms with E-state index in [1.807, 2.05) is 6.07 Å². The zero-order chi connectivity index (χ0) is 11.0. The minimum atomic E-state index is -1.02. The highest BCUT2D eigenvalue weighted by molar-refractivity contribution is 5.79. The molecule has 1 N–H and O–H groups in total. The van der Waals surface area contributed by atoms with Crippen molar-refractivity contribution in [3.8, 4) is 0 Å². The second kappa shape index (κ2) is 3.27. The molecule has 0 atom stereocenters. The summed E-state index contributed by atoms with van der Waals surface area (Å²) in [6, 6.07) is 3.56. The molecular formula is C10H10N2O3. The fourth-order valence-corrected chi connectivity index (χ4v) is 1.60. The lowest BCUT2D eigenvalue weighted by molar-refractivity contribution is -0.137. The second-order valence-corrected chi connectivity index (χ2v) is 3.37. The smallest absolute Gasteiger partial charge is 0.323 e. The molecule has 2 aromatic heterocycles. The van der Waals surface area contributed by atoms with Gasteiger partial charge in [-0.15, -0.1) is 0 Å². The maximum absolute atomic E-state index is 11.8. The van der Waals surface area contributed by atoms with Crippen LogP contribution in [-0.4, -0.2) is 20.2 Å². The number of fused-ring (bicyclic) bond motifs is 1. The molecule has 0 amide bonds. The Balaban J connectivity index is 2.69. The Kier molecular flexibility index (Phi) is 2.07. The van der Waals surface area contributed by atoms with Gasteiger partial charge >= 0.3 is 5.97 Å². The highest BCUT2D eigenvalue weighted by atomic mass is 16.4. The van der Waals surface area contributed by atoms with Crippen LogP contribution in [0.5, 0.6) is 0 Å². The molecule has 0 aromatic carbocycles. The molecule has 0 aliphatic heterocycles. The van der Waals surface area contributed by atoms with Crippen LogP contribution >= 0.6 is 0 Å². The summed E-state index contributed by atoms with van der Waals surface area (Å²) >= 11 is 0. The molecule has 0 saturated heterocycles. The van der Waals surface area contributed by atoms with E-state index in [0.717, 1.165) is 5.39 Å². The zero-order valence-electron chi connectivity index (χ0n) is 8.17. The Hall–Kier alpha value is -2.04. The summed E-state index contributed by atoms with van der Waals surface area (Å²) in [6.07, 6.45) is 3.27.